The number of hydrogen-bond donors (Lipinski definition) is 1. The number of methoxy groups -OCH3 is 1. The topological polar surface area (TPSA) is 154 Å². The number of fused-ring (bicyclic) bond motifs is 1. The van der Waals surface area contributed by atoms with Crippen LogP contribution in [0.15, 0.2) is 35.4 Å². The lowest BCUT2D eigenvalue weighted by Gasteiger charge is -2.19. The van der Waals surface area contributed by atoms with Crippen molar-refractivity contribution in [2.75, 3.05) is 13.7 Å². The maximum atomic E-state index is 12.5. The Balaban J connectivity index is 1.51. The van der Waals surface area contributed by atoms with Crippen LogP contribution in [-0.2, 0) is 33.2 Å². The Morgan fingerprint density at radius 1 is 1.20 bits per heavy atom. The second kappa shape index (κ2) is 8.02. The molecule has 2 aromatic rings. The number of ether oxygens (including phenoxy) is 4. The average molecular weight is 440 g/mol. The van der Waals surface area contributed by atoms with Crippen molar-refractivity contribution in [2.24, 2.45) is 5.73 Å². The minimum Gasteiger partial charge on any atom is -0.364 e. The lowest BCUT2D eigenvalue weighted by molar-refractivity contribution is -0.257. The SMILES string of the molecule is COC1O[C@@H]2[C@H](O1)[C@@H](COS(=O)(=O)c1ccc(C)cc1)O[C@H]2n1cc(C(N)=O)nn1. The Morgan fingerprint density at radius 3 is 2.53 bits per heavy atom. The molecule has 0 radical (unpaired) electrons. The van der Waals surface area contributed by atoms with Gasteiger partial charge in [-0.25, -0.2) is 4.68 Å². The molecule has 5 atom stereocenters. The quantitative estimate of drug-likeness (QED) is 0.568. The van der Waals surface area contributed by atoms with E-state index in [0.717, 1.165) is 5.56 Å². The number of carbonyl (C=O) groups is 1. The van der Waals surface area contributed by atoms with Crippen LogP contribution in [0.25, 0.3) is 0 Å². The van der Waals surface area contributed by atoms with Crippen LogP contribution in [-0.4, -0.2) is 67.8 Å². The van der Waals surface area contributed by atoms with Crippen molar-refractivity contribution in [3.05, 3.63) is 41.7 Å². The first-order chi connectivity index (χ1) is 14.3. The molecule has 0 spiro atoms. The number of aromatic nitrogens is 3. The molecule has 0 aliphatic carbocycles. The molecule has 30 heavy (non-hydrogen) atoms. The number of hydrogen-bond acceptors (Lipinski definition) is 10. The van der Waals surface area contributed by atoms with Crippen molar-refractivity contribution >= 4 is 16.0 Å². The van der Waals surface area contributed by atoms with Gasteiger partial charge in [-0.1, -0.05) is 22.9 Å². The Labute approximate surface area is 171 Å². The van der Waals surface area contributed by atoms with Crippen LogP contribution in [0, 0.1) is 6.92 Å². The molecular weight excluding hydrogens is 420 g/mol. The number of rotatable bonds is 7. The molecule has 3 heterocycles. The molecule has 4 rings (SSSR count). The van der Waals surface area contributed by atoms with Gasteiger partial charge in [-0.2, -0.15) is 8.42 Å². The first-order valence-corrected chi connectivity index (χ1v) is 10.4. The summed E-state index contributed by atoms with van der Waals surface area (Å²) in [6.07, 6.45) is -1.77. The molecule has 2 aliphatic heterocycles. The van der Waals surface area contributed by atoms with Crippen LogP contribution in [0.5, 0.6) is 0 Å². The first-order valence-electron chi connectivity index (χ1n) is 8.95. The zero-order valence-corrected chi connectivity index (χ0v) is 16.9. The van der Waals surface area contributed by atoms with E-state index in [1.54, 1.807) is 12.1 Å². The number of primary amides is 1. The third-order valence-corrected chi connectivity index (χ3v) is 6.03. The summed E-state index contributed by atoms with van der Waals surface area (Å²) >= 11 is 0. The molecule has 162 valence electrons. The third kappa shape index (κ3) is 3.95. The second-order valence-corrected chi connectivity index (χ2v) is 8.41. The van der Waals surface area contributed by atoms with Gasteiger partial charge < -0.3 is 24.7 Å². The van der Waals surface area contributed by atoms with Crippen LogP contribution in [0.3, 0.4) is 0 Å². The van der Waals surface area contributed by atoms with E-state index in [4.69, 9.17) is 28.9 Å². The van der Waals surface area contributed by atoms with Gasteiger partial charge in [0.25, 0.3) is 22.5 Å². The maximum Gasteiger partial charge on any atom is 0.297 e. The Hall–Kier alpha value is -2.42. The van der Waals surface area contributed by atoms with Crippen LogP contribution in [0.1, 0.15) is 22.3 Å². The number of carbonyl (C=O) groups excluding carboxylic acids is 1. The average Bonchev–Trinajstić information content (AvgIpc) is 3.42. The van der Waals surface area contributed by atoms with Gasteiger partial charge in [0.05, 0.1) is 17.7 Å². The highest BCUT2D eigenvalue weighted by atomic mass is 32.2. The summed E-state index contributed by atoms with van der Waals surface area (Å²) in [5.41, 5.74) is 6.07. The van der Waals surface area contributed by atoms with E-state index >= 15 is 0 Å². The number of nitrogens with two attached hydrogens (primary N) is 1. The molecule has 2 saturated heterocycles. The fraction of sp³-hybridized carbons (Fsp3) is 0.471. The van der Waals surface area contributed by atoms with Crippen molar-refractivity contribution in [3.8, 4) is 0 Å². The molecule has 2 aliphatic rings. The number of benzene rings is 1. The normalized spacial score (nSPS) is 28.5. The van der Waals surface area contributed by atoms with Gasteiger partial charge in [0.2, 0.25) is 0 Å². The minimum atomic E-state index is -4.01. The van der Waals surface area contributed by atoms with Crippen molar-refractivity contribution < 1.29 is 36.3 Å². The van der Waals surface area contributed by atoms with E-state index in [-0.39, 0.29) is 17.2 Å². The number of amides is 1. The van der Waals surface area contributed by atoms with E-state index in [0.29, 0.717) is 0 Å². The van der Waals surface area contributed by atoms with Crippen molar-refractivity contribution in [1.82, 2.24) is 15.0 Å². The highest BCUT2D eigenvalue weighted by Gasteiger charge is 2.54. The highest BCUT2D eigenvalue weighted by molar-refractivity contribution is 7.86. The maximum absolute atomic E-state index is 12.5. The standard InChI is InChI=1S/C17H20N4O8S/c1-9-3-5-10(6-4-9)30(23,24)26-8-12-13-14(29-17(25-2)28-13)16(27-12)21-7-11(15(18)22)19-20-21/h3-7,12-14,16-17H,8H2,1-2H3,(H2,18,22)/t12-,13-,14-,16-,17?/m1/s1. The summed E-state index contributed by atoms with van der Waals surface area (Å²) in [4.78, 5) is 11.3. The largest absolute Gasteiger partial charge is 0.364 e. The van der Waals surface area contributed by atoms with Gasteiger partial charge >= 0.3 is 0 Å². The molecule has 13 heteroatoms. The van der Waals surface area contributed by atoms with Crippen molar-refractivity contribution in [2.45, 2.75) is 42.8 Å². The van der Waals surface area contributed by atoms with Gasteiger partial charge in [0.15, 0.2) is 11.9 Å². The molecule has 1 aromatic carbocycles. The summed E-state index contributed by atoms with van der Waals surface area (Å²) in [6.45, 7) is 0.550. The third-order valence-electron chi connectivity index (χ3n) is 4.74. The van der Waals surface area contributed by atoms with E-state index in [1.165, 1.54) is 30.1 Å². The molecule has 2 fully saturated rings. The van der Waals surface area contributed by atoms with Gasteiger partial charge in [-0.3, -0.25) is 8.98 Å². The van der Waals surface area contributed by atoms with Gasteiger partial charge in [-0.05, 0) is 19.1 Å². The highest BCUT2D eigenvalue weighted by Crippen LogP contribution is 2.39. The minimum absolute atomic E-state index is 0.0277. The zero-order chi connectivity index (χ0) is 21.5. The van der Waals surface area contributed by atoms with E-state index < -0.39 is 47.0 Å². The Bertz CT molecular complexity index is 1020. The van der Waals surface area contributed by atoms with Gasteiger partial charge in [-0.15, -0.1) is 5.10 Å². The summed E-state index contributed by atoms with van der Waals surface area (Å²) in [5.74, 6) is -0.752. The molecule has 1 amide bonds. The number of nitrogens with zero attached hydrogens (tertiary/aromatic N) is 3. The molecule has 2 N–H and O–H groups in total. The molecule has 12 nitrogen and oxygen atoms in total. The summed E-state index contributed by atoms with van der Waals surface area (Å²) in [7, 11) is -2.61. The molecule has 0 saturated carbocycles. The van der Waals surface area contributed by atoms with Gasteiger partial charge in [0.1, 0.15) is 18.3 Å². The predicted octanol–water partition coefficient (Wildman–Crippen LogP) is -0.298. The molecule has 1 aromatic heterocycles. The summed E-state index contributed by atoms with van der Waals surface area (Å²) < 4.78 is 53.7. The van der Waals surface area contributed by atoms with Crippen molar-refractivity contribution in [3.63, 3.8) is 0 Å². The van der Waals surface area contributed by atoms with E-state index in [9.17, 15) is 13.2 Å². The van der Waals surface area contributed by atoms with Gasteiger partial charge in [0, 0.05) is 7.11 Å². The fourth-order valence-corrected chi connectivity index (χ4v) is 4.13. The Morgan fingerprint density at radius 2 is 1.90 bits per heavy atom. The smallest absolute Gasteiger partial charge is 0.297 e. The van der Waals surface area contributed by atoms with Crippen LogP contribution in [0.2, 0.25) is 0 Å². The second-order valence-electron chi connectivity index (χ2n) is 6.79. The number of aryl methyl sites for hydroxylation is 1. The van der Waals surface area contributed by atoms with E-state index in [1.807, 2.05) is 6.92 Å². The molecule has 0 bridgehead atoms. The predicted molar refractivity (Wildman–Crippen MR) is 97.3 cm³/mol. The first kappa shape index (κ1) is 20.8. The zero-order valence-electron chi connectivity index (χ0n) is 16.1. The molecular formula is C17H20N4O8S. The lowest BCUT2D eigenvalue weighted by Crippen LogP contribution is -2.32. The van der Waals surface area contributed by atoms with E-state index in [2.05, 4.69) is 10.3 Å². The van der Waals surface area contributed by atoms with Crippen LogP contribution in [0.4, 0.5) is 0 Å². The Kier molecular flexibility index (Phi) is 5.57. The lowest BCUT2D eigenvalue weighted by atomic mass is 10.1. The van der Waals surface area contributed by atoms with Crippen LogP contribution >= 0.6 is 0 Å². The fourth-order valence-electron chi connectivity index (χ4n) is 3.21. The molecule has 1 unspecified atom stereocenters. The summed E-state index contributed by atoms with van der Waals surface area (Å²) in [5, 5.41) is 7.51. The summed E-state index contributed by atoms with van der Waals surface area (Å²) in [6, 6.07) is 6.27. The van der Waals surface area contributed by atoms with Crippen LogP contribution < -0.4 is 5.73 Å². The monoisotopic (exact) mass is 440 g/mol. The van der Waals surface area contributed by atoms with Crippen molar-refractivity contribution in [1.29, 1.82) is 0 Å².